The van der Waals surface area contributed by atoms with E-state index in [2.05, 4.69) is 5.16 Å². The molecule has 0 radical (unpaired) electrons. The summed E-state index contributed by atoms with van der Waals surface area (Å²) in [5.74, 6) is -0.626. The highest BCUT2D eigenvalue weighted by molar-refractivity contribution is 5.95. The molecule has 1 amide bonds. The maximum Gasteiger partial charge on any atom is 0.326 e. The van der Waals surface area contributed by atoms with Crippen molar-refractivity contribution in [1.82, 2.24) is 10.1 Å². The Bertz CT molecular complexity index is 631. The number of nitrogens with zero attached hydrogens (tertiary/aromatic N) is 2. The zero-order valence-electron chi connectivity index (χ0n) is 10.5. The van der Waals surface area contributed by atoms with E-state index in [0.29, 0.717) is 30.9 Å². The van der Waals surface area contributed by atoms with Gasteiger partial charge in [0.25, 0.3) is 5.91 Å². The highest BCUT2D eigenvalue weighted by Crippen LogP contribution is 2.24. The van der Waals surface area contributed by atoms with Gasteiger partial charge in [-0.15, -0.1) is 0 Å². The quantitative estimate of drug-likeness (QED) is 0.915. The topological polar surface area (TPSA) is 96.8 Å². The second-order valence-corrected chi connectivity index (χ2v) is 4.55. The molecule has 0 spiro atoms. The van der Waals surface area contributed by atoms with E-state index in [9.17, 15) is 9.59 Å². The van der Waals surface area contributed by atoms with Gasteiger partial charge in [0.05, 0.1) is 6.26 Å². The van der Waals surface area contributed by atoms with Crippen LogP contribution in [0.5, 0.6) is 0 Å². The standard InChI is InChI=1S/C13H12N2O5/c16-12(15-5-1-3-9(15)13(17)18)8-7-11(20-14-8)10-4-2-6-19-10/h2,4,6-7,9H,1,3,5H2,(H,17,18)/t9-/m0/s1. The fourth-order valence-electron chi connectivity index (χ4n) is 2.32. The van der Waals surface area contributed by atoms with Crippen LogP contribution in [-0.4, -0.2) is 39.6 Å². The van der Waals surface area contributed by atoms with Crippen molar-refractivity contribution < 1.29 is 23.6 Å². The maximum absolute atomic E-state index is 12.3. The van der Waals surface area contributed by atoms with Crippen LogP contribution in [-0.2, 0) is 4.79 Å². The first-order valence-electron chi connectivity index (χ1n) is 6.21. The van der Waals surface area contributed by atoms with Crippen LogP contribution in [0.15, 0.2) is 33.4 Å². The van der Waals surface area contributed by atoms with Gasteiger partial charge in [-0.25, -0.2) is 4.79 Å². The molecular formula is C13H12N2O5. The third kappa shape index (κ3) is 2.07. The summed E-state index contributed by atoms with van der Waals surface area (Å²) < 4.78 is 10.2. The molecule has 0 bridgehead atoms. The van der Waals surface area contributed by atoms with E-state index in [1.807, 2.05) is 0 Å². The molecule has 1 N–H and O–H groups in total. The number of aromatic nitrogens is 1. The molecule has 1 aliphatic rings. The van der Waals surface area contributed by atoms with Crippen LogP contribution in [0.2, 0.25) is 0 Å². The van der Waals surface area contributed by atoms with Crippen molar-refractivity contribution in [1.29, 1.82) is 0 Å². The number of hydrogen-bond acceptors (Lipinski definition) is 5. The number of furan rings is 1. The molecule has 1 saturated heterocycles. The SMILES string of the molecule is O=C(O)[C@@H]1CCCN1C(=O)c1cc(-c2ccco2)on1. The molecule has 20 heavy (non-hydrogen) atoms. The minimum Gasteiger partial charge on any atom is -0.480 e. The van der Waals surface area contributed by atoms with Crippen LogP contribution in [0.25, 0.3) is 11.5 Å². The molecule has 3 heterocycles. The van der Waals surface area contributed by atoms with Crippen LogP contribution in [0.3, 0.4) is 0 Å². The number of likely N-dealkylation sites (tertiary alicyclic amines) is 1. The van der Waals surface area contributed by atoms with Gasteiger partial charge < -0.3 is 18.9 Å². The monoisotopic (exact) mass is 276 g/mol. The van der Waals surface area contributed by atoms with Gasteiger partial charge in [0.15, 0.2) is 11.5 Å². The van der Waals surface area contributed by atoms with Gasteiger partial charge in [0, 0.05) is 12.6 Å². The summed E-state index contributed by atoms with van der Waals surface area (Å²) in [4.78, 5) is 24.7. The molecule has 1 fully saturated rings. The molecule has 0 saturated carbocycles. The molecule has 0 unspecified atom stereocenters. The van der Waals surface area contributed by atoms with Crippen molar-refractivity contribution in [3.63, 3.8) is 0 Å². The Labute approximate surface area is 113 Å². The molecule has 0 aliphatic carbocycles. The first kappa shape index (κ1) is 12.5. The second kappa shape index (κ2) is 4.84. The van der Waals surface area contributed by atoms with Gasteiger partial charge in [-0.3, -0.25) is 4.79 Å². The number of carbonyl (C=O) groups excluding carboxylic acids is 1. The van der Waals surface area contributed by atoms with E-state index >= 15 is 0 Å². The summed E-state index contributed by atoms with van der Waals surface area (Å²) in [6.45, 7) is 0.415. The number of carbonyl (C=O) groups is 2. The smallest absolute Gasteiger partial charge is 0.326 e. The molecule has 2 aromatic heterocycles. The number of rotatable bonds is 3. The normalized spacial score (nSPS) is 18.4. The average molecular weight is 276 g/mol. The number of carboxylic acid groups (broad SMARTS) is 1. The van der Waals surface area contributed by atoms with Gasteiger partial charge in [-0.05, 0) is 25.0 Å². The van der Waals surface area contributed by atoms with Crippen LogP contribution in [0.4, 0.5) is 0 Å². The third-order valence-corrected chi connectivity index (χ3v) is 3.29. The van der Waals surface area contributed by atoms with Gasteiger partial charge in [0.1, 0.15) is 6.04 Å². The number of aliphatic carboxylic acids is 1. The van der Waals surface area contributed by atoms with Crippen molar-refractivity contribution in [2.24, 2.45) is 0 Å². The zero-order valence-corrected chi connectivity index (χ0v) is 10.5. The van der Waals surface area contributed by atoms with Gasteiger partial charge >= 0.3 is 5.97 Å². The van der Waals surface area contributed by atoms with E-state index in [0.717, 1.165) is 0 Å². The van der Waals surface area contributed by atoms with E-state index in [1.165, 1.54) is 17.2 Å². The van der Waals surface area contributed by atoms with Crippen molar-refractivity contribution >= 4 is 11.9 Å². The Kier molecular flexibility index (Phi) is 3.02. The summed E-state index contributed by atoms with van der Waals surface area (Å²) >= 11 is 0. The first-order chi connectivity index (χ1) is 9.66. The lowest BCUT2D eigenvalue weighted by Crippen LogP contribution is -2.40. The number of amides is 1. The lowest BCUT2D eigenvalue weighted by atomic mass is 10.2. The fraction of sp³-hybridized carbons (Fsp3) is 0.308. The Morgan fingerprint density at radius 2 is 2.25 bits per heavy atom. The first-order valence-corrected chi connectivity index (χ1v) is 6.21. The molecule has 7 nitrogen and oxygen atoms in total. The molecule has 7 heteroatoms. The van der Waals surface area contributed by atoms with Gasteiger partial charge in [-0.2, -0.15) is 0 Å². The predicted octanol–water partition coefficient (Wildman–Crippen LogP) is 1.62. The highest BCUT2D eigenvalue weighted by Gasteiger charge is 2.35. The summed E-state index contributed by atoms with van der Waals surface area (Å²) in [5.41, 5.74) is 0.0875. The number of hydrogen-bond donors (Lipinski definition) is 1. The Balaban J connectivity index is 1.83. The van der Waals surface area contributed by atoms with Gasteiger partial charge in [0.2, 0.25) is 5.76 Å². The fourth-order valence-corrected chi connectivity index (χ4v) is 2.32. The number of carboxylic acids is 1. The lowest BCUT2D eigenvalue weighted by molar-refractivity contribution is -0.141. The Morgan fingerprint density at radius 3 is 2.95 bits per heavy atom. The van der Waals surface area contributed by atoms with E-state index < -0.39 is 17.9 Å². The molecule has 0 aromatic carbocycles. The van der Waals surface area contributed by atoms with E-state index in [-0.39, 0.29) is 5.69 Å². The minimum atomic E-state index is -0.995. The van der Waals surface area contributed by atoms with Crippen molar-refractivity contribution in [3.8, 4) is 11.5 Å². The lowest BCUT2D eigenvalue weighted by Gasteiger charge is -2.19. The summed E-state index contributed by atoms with van der Waals surface area (Å²) in [6.07, 6.45) is 2.62. The van der Waals surface area contributed by atoms with E-state index in [1.54, 1.807) is 12.1 Å². The molecule has 104 valence electrons. The molecule has 3 rings (SSSR count). The van der Waals surface area contributed by atoms with Gasteiger partial charge in [-0.1, -0.05) is 5.16 Å². The van der Waals surface area contributed by atoms with Crippen molar-refractivity contribution in [2.45, 2.75) is 18.9 Å². The van der Waals surface area contributed by atoms with Crippen molar-refractivity contribution in [3.05, 3.63) is 30.2 Å². The van der Waals surface area contributed by atoms with Crippen LogP contribution >= 0.6 is 0 Å². The maximum atomic E-state index is 12.3. The second-order valence-electron chi connectivity index (χ2n) is 4.55. The summed E-state index contributed by atoms with van der Waals surface area (Å²) in [6, 6.07) is 4.05. The predicted molar refractivity (Wildman–Crippen MR) is 65.9 cm³/mol. The Hall–Kier alpha value is -2.57. The summed E-state index contributed by atoms with van der Waals surface area (Å²) in [7, 11) is 0. The van der Waals surface area contributed by atoms with Crippen LogP contribution < -0.4 is 0 Å². The van der Waals surface area contributed by atoms with Crippen LogP contribution in [0, 0.1) is 0 Å². The molecule has 1 atom stereocenters. The van der Waals surface area contributed by atoms with Crippen LogP contribution in [0.1, 0.15) is 23.3 Å². The molecule has 2 aromatic rings. The minimum absolute atomic E-state index is 0.0875. The summed E-state index contributed by atoms with van der Waals surface area (Å²) in [5, 5.41) is 12.8. The third-order valence-electron chi connectivity index (χ3n) is 3.29. The average Bonchev–Trinajstić information content (AvgIpc) is 3.17. The molecule has 1 aliphatic heterocycles. The van der Waals surface area contributed by atoms with E-state index in [4.69, 9.17) is 14.0 Å². The molecular weight excluding hydrogens is 264 g/mol. The largest absolute Gasteiger partial charge is 0.480 e. The zero-order chi connectivity index (χ0) is 14.1. The van der Waals surface area contributed by atoms with Crippen molar-refractivity contribution in [2.75, 3.05) is 6.54 Å². The Morgan fingerprint density at radius 1 is 1.40 bits per heavy atom. The highest BCUT2D eigenvalue weighted by atomic mass is 16.5.